The van der Waals surface area contributed by atoms with Gasteiger partial charge in [0.1, 0.15) is 0 Å². The maximum atomic E-state index is 11.4. The number of nitrogens with one attached hydrogen (secondary N) is 1. The molecule has 0 atom stereocenters. The summed E-state index contributed by atoms with van der Waals surface area (Å²) in [5.41, 5.74) is 1.01. The molecular weight excluding hydrogens is 222 g/mol. The van der Waals surface area contributed by atoms with E-state index < -0.39 is 9.84 Å². The van der Waals surface area contributed by atoms with Crippen molar-refractivity contribution in [2.75, 3.05) is 18.6 Å². The number of benzene rings is 2. The largest absolute Gasteiger partial charge is 0.388 e. The molecule has 0 radical (unpaired) electrons. The van der Waals surface area contributed by atoms with E-state index in [9.17, 15) is 8.42 Å². The van der Waals surface area contributed by atoms with Gasteiger partial charge in [-0.25, -0.2) is 8.42 Å². The van der Waals surface area contributed by atoms with Crippen LogP contribution < -0.4 is 5.32 Å². The fraction of sp³-hybridized carbons (Fsp3) is 0.167. The van der Waals surface area contributed by atoms with Gasteiger partial charge in [0.15, 0.2) is 9.84 Å². The minimum Gasteiger partial charge on any atom is -0.388 e. The summed E-state index contributed by atoms with van der Waals surface area (Å²) in [5, 5.41) is 5.01. The highest BCUT2D eigenvalue weighted by atomic mass is 32.2. The van der Waals surface area contributed by atoms with Crippen molar-refractivity contribution in [1.29, 1.82) is 0 Å². The summed E-state index contributed by atoms with van der Waals surface area (Å²) >= 11 is 0. The van der Waals surface area contributed by atoms with Crippen LogP contribution in [0.25, 0.3) is 10.8 Å². The Hall–Kier alpha value is -1.55. The third-order valence-corrected chi connectivity index (χ3v) is 3.64. The Kier molecular flexibility index (Phi) is 2.59. The van der Waals surface area contributed by atoms with Crippen molar-refractivity contribution >= 4 is 26.3 Å². The minimum atomic E-state index is -3.13. The van der Waals surface area contributed by atoms with Gasteiger partial charge in [0.2, 0.25) is 0 Å². The molecule has 0 heterocycles. The molecule has 16 heavy (non-hydrogen) atoms. The second-order valence-corrected chi connectivity index (χ2v) is 5.76. The van der Waals surface area contributed by atoms with Crippen LogP contribution in [-0.4, -0.2) is 21.7 Å². The van der Waals surface area contributed by atoms with Crippen LogP contribution in [0.4, 0.5) is 5.69 Å². The Balaban J connectivity index is 2.65. The van der Waals surface area contributed by atoms with Gasteiger partial charge < -0.3 is 5.32 Å². The van der Waals surface area contributed by atoms with Crippen molar-refractivity contribution in [2.45, 2.75) is 4.90 Å². The predicted octanol–water partition coefficient (Wildman–Crippen LogP) is 2.29. The summed E-state index contributed by atoms with van der Waals surface area (Å²) in [5.74, 6) is 0. The van der Waals surface area contributed by atoms with E-state index in [1.54, 1.807) is 12.1 Å². The van der Waals surface area contributed by atoms with Crippen molar-refractivity contribution < 1.29 is 8.42 Å². The standard InChI is InChI=1S/C12H13NO2S/c1-13-11-5-3-10-8-12(16(2,14)15)6-4-9(10)7-11/h3-8,13H,1-2H3. The Labute approximate surface area is 95.0 Å². The van der Waals surface area contributed by atoms with E-state index in [1.807, 2.05) is 31.3 Å². The zero-order chi connectivity index (χ0) is 11.8. The summed E-state index contributed by atoms with van der Waals surface area (Å²) in [7, 11) is -1.27. The number of sulfone groups is 1. The van der Waals surface area contributed by atoms with Crippen LogP contribution in [0.3, 0.4) is 0 Å². The van der Waals surface area contributed by atoms with E-state index >= 15 is 0 Å². The SMILES string of the molecule is CNc1ccc2cc(S(C)(=O)=O)ccc2c1. The number of fused-ring (bicyclic) bond motifs is 1. The first kappa shape index (κ1) is 11.0. The molecule has 0 fully saturated rings. The monoisotopic (exact) mass is 235 g/mol. The van der Waals surface area contributed by atoms with Crippen molar-refractivity contribution in [3.8, 4) is 0 Å². The zero-order valence-corrected chi connectivity index (χ0v) is 10.0. The van der Waals surface area contributed by atoms with Crippen LogP contribution in [-0.2, 0) is 9.84 Å². The third kappa shape index (κ3) is 2.02. The lowest BCUT2D eigenvalue weighted by Gasteiger charge is -2.04. The Morgan fingerprint density at radius 1 is 1.00 bits per heavy atom. The second kappa shape index (κ2) is 3.79. The summed E-state index contributed by atoms with van der Waals surface area (Å²) in [6.45, 7) is 0. The maximum Gasteiger partial charge on any atom is 0.175 e. The minimum absolute atomic E-state index is 0.359. The van der Waals surface area contributed by atoms with Gasteiger partial charge in [0.05, 0.1) is 4.90 Å². The number of hydrogen-bond donors (Lipinski definition) is 1. The molecule has 2 aromatic rings. The van der Waals surface area contributed by atoms with Gasteiger partial charge in [-0.1, -0.05) is 12.1 Å². The molecule has 4 heteroatoms. The smallest absolute Gasteiger partial charge is 0.175 e. The fourth-order valence-electron chi connectivity index (χ4n) is 1.61. The summed E-state index contributed by atoms with van der Waals surface area (Å²) in [4.78, 5) is 0.359. The quantitative estimate of drug-likeness (QED) is 0.868. The van der Waals surface area contributed by atoms with Crippen LogP contribution in [0.1, 0.15) is 0 Å². The Bertz CT molecular complexity index is 633. The van der Waals surface area contributed by atoms with Gasteiger partial charge in [0.25, 0.3) is 0 Å². The average molecular weight is 235 g/mol. The molecule has 0 aliphatic carbocycles. The van der Waals surface area contributed by atoms with Crippen molar-refractivity contribution in [1.82, 2.24) is 0 Å². The Morgan fingerprint density at radius 3 is 2.25 bits per heavy atom. The van der Waals surface area contributed by atoms with Crippen molar-refractivity contribution in [3.63, 3.8) is 0 Å². The molecule has 0 amide bonds. The molecular formula is C12H13NO2S. The van der Waals surface area contributed by atoms with Crippen LogP contribution in [0.5, 0.6) is 0 Å². The molecule has 0 unspecified atom stereocenters. The van der Waals surface area contributed by atoms with E-state index in [0.717, 1.165) is 16.5 Å². The summed E-state index contributed by atoms with van der Waals surface area (Å²) in [6.07, 6.45) is 1.22. The van der Waals surface area contributed by atoms with Crippen LogP contribution in [0.2, 0.25) is 0 Å². The van der Waals surface area contributed by atoms with Crippen LogP contribution in [0.15, 0.2) is 41.3 Å². The van der Waals surface area contributed by atoms with E-state index in [0.29, 0.717) is 4.90 Å². The summed E-state index contributed by atoms with van der Waals surface area (Å²) < 4.78 is 22.8. The molecule has 0 saturated heterocycles. The average Bonchev–Trinajstić information content (AvgIpc) is 2.26. The molecule has 0 spiro atoms. The van der Waals surface area contributed by atoms with Gasteiger partial charge in [-0.2, -0.15) is 0 Å². The summed E-state index contributed by atoms with van der Waals surface area (Å²) in [6, 6.07) is 11.0. The molecule has 2 rings (SSSR count). The number of hydrogen-bond acceptors (Lipinski definition) is 3. The van der Waals surface area contributed by atoms with E-state index in [-0.39, 0.29) is 0 Å². The number of anilines is 1. The highest BCUT2D eigenvalue weighted by Gasteiger charge is 2.07. The lowest BCUT2D eigenvalue weighted by atomic mass is 10.1. The van der Waals surface area contributed by atoms with Crippen molar-refractivity contribution in [3.05, 3.63) is 36.4 Å². The zero-order valence-electron chi connectivity index (χ0n) is 9.19. The van der Waals surface area contributed by atoms with Crippen LogP contribution >= 0.6 is 0 Å². The lowest BCUT2D eigenvalue weighted by Crippen LogP contribution is -1.96. The van der Waals surface area contributed by atoms with Gasteiger partial charge in [0, 0.05) is 19.0 Å². The molecule has 0 aromatic heterocycles. The van der Waals surface area contributed by atoms with Gasteiger partial charge >= 0.3 is 0 Å². The predicted molar refractivity (Wildman–Crippen MR) is 66.6 cm³/mol. The maximum absolute atomic E-state index is 11.4. The van der Waals surface area contributed by atoms with Gasteiger partial charge in [-0.15, -0.1) is 0 Å². The van der Waals surface area contributed by atoms with Gasteiger partial charge in [-0.3, -0.25) is 0 Å². The molecule has 0 aliphatic heterocycles. The Morgan fingerprint density at radius 2 is 1.62 bits per heavy atom. The first-order valence-electron chi connectivity index (χ1n) is 4.92. The molecule has 84 valence electrons. The molecule has 0 saturated carbocycles. The van der Waals surface area contributed by atoms with Crippen LogP contribution in [0, 0.1) is 0 Å². The number of rotatable bonds is 2. The third-order valence-electron chi connectivity index (χ3n) is 2.53. The second-order valence-electron chi connectivity index (χ2n) is 3.75. The first-order chi connectivity index (χ1) is 7.50. The van der Waals surface area contributed by atoms with Gasteiger partial charge in [-0.05, 0) is 35.0 Å². The molecule has 2 aromatic carbocycles. The normalized spacial score (nSPS) is 11.6. The lowest BCUT2D eigenvalue weighted by molar-refractivity contribution is 0.602. The first-order valence-corrected chi connectivity index (χ1v) is 6.81. The molecule has 3 nitrogen and oxygen atoms in total. The molecule has 0 aliphatic rings. The highest BCUT2D eigenvalue weighted by Crippen LogP contribution is 2.22. The molecule has 0 bridgehead atoms. The van der Waals surface area contributed by atoms with Crippen molar-refractivity contribution in [2.24, 2.45) is 0 Å². The molecule has 1 N–H and O–H groups in total. The van der Waals surface area contributed by atoms with E-state index in [4.69, 9.17) is 0 Å². The van der Waals surface area contributed by atoms with E-state index in [1.165, 1.54) is 6.26 Å². The highest BCUT2D eigenvalue weighted by molar-refractivity contribution is 7.90. The topological polar surface area (TPSA) is 46.2 Å². The van der Waals surface area contributed by atoms with E-state index in [2.05, 4.69) is 5.32 Å². The fourth-order valence-corrected chi connectivity index (χ4v) is 2.27.